The average Bonchev–Trinajstić information content (AvgIpc) is 3.47. The van der Waals surface area contributed by atoms with Crippen LogP contribution in [0.5, 0.6) is 5.75 Å². The summed E-state index contributed by atoms with van der Waals surface area (Å²) in [5.74, 6) is 0.946. The van der Waals surface area contributed by atoms with Crippen molar-refractivity contribution in [3.63, 3.8) is 0 Å². The van der Waals surface area contributed by atoms with Crippen LogP contribution in [0.15, 0.2) is 52.9 Å². The van der Waals surface area contributed by atoms with Crippen molar-refractivity contribution in [1.29, 1.82) is 0 Å². The van der Waals surface area contributed by atoms with E-state index in [9.17, 15) is 4.79 Å². The Kier molecular flexibility index (Phi) is 4.86. The lowest BCUT2D eigenvalue weighted by molar-refractivity contribution is 0.0281. The van der Waals surface area contributed by atoms with E-state index >= 15 is 0 Å². The molecule has 1 atom stereocenters. The molecule has 7 heteroatoms. The molecule has 0 N–H and O–H groups in total. The van der Waals surface area contributed by atoms with E-state index in [1.54, 1.807) is 14.0 Å². The fourth-order valence-electron chi connectivity index (χ4n) is 3.96. The molecule has 4 aromatic rings. The van der Waals surface area contributed by atoms with E-state index in [0.29, 0.717) is 11.5 Å². The van der Waals surface area contributed by atoms with Crippen LogP contribution in [0.1, 0.15) is 47.0 Å². The fraction of sp³-hybridized carbons (Fsp3) is 0.250. The molecular weight excluding hydrogens is 394 g/mol. The average molecular weight is 415 g/mol. The molecule has 0 amide bonds. The second-order valence-electron chi connectivity index (χ2n) is 7.50. The molecule has 0 saturated carbocycles. The zero-order chi connectivity index (χ0) is 21.4. The van der Waals surface area contributed by atoms with Gasteiger partial charge < -0.3 is 13.9 Å². The third-order valence-electron chi connectivity index (χ3n) is 5.53. The molecule has 156 valence electrons. The summed E-state index contributed by atoms with van der Waals surface area (Å²) in [6.07, 6.45) is 2.01. The first-order valence-electron chi connectivity index (χ1n) is 10.2. The van der Waals surface area contributed by atoms with Gasteiger partial charge in [-0.1, -0.05) is 18.2 Å². The van der Waals surface area contributed by atoms with Crippen molar-refractivity contribution in [2.24, 2.45) is 0 Å². The van der Waals surface area contributed by atoms with Crippen LogP contribution in [0.4, 0.5) is 0 Å². The number of carbonyl (C=O) groups excluding carboxylic acids is 1. The Bertz CT molecular complexity index is 1260. The molecule has 31 heavy (non-hydrogen) atoms. The van der Waals surface area contributed by atoms with Crippen molar-refractivity contribution < 1.29 is 18.7 Å². The van der Waals surface area contributed by atoms with Crippen LogP contribution in [0.25, 0.3) is 22.4 Å². The molecule has 0 fully saturated rings. The Hall–Kier alpha value is -3.74. The molecule has 0 bridgehead atoms. The van der Waals surface area contributed by atoms with Gasteiger partial charge in [0.15, 0.2) is 6.10 Å². The molecule has 2 aromatic heterocycles. The van der Waals surface area contributed by atoms with Gasteiger partial charge in [0.05, 0.1) is 18.2 Å². The fourth-order valence-corrected chi connectivity index (χ4v) is 3.96. The molecule has 1 aliphatic rings. The summed E-state index contributed by atoms with van der Waals surface area (Å²) in [6.45, 7) is 1.73. The zero-order valence-electron chi connectivity index (χ0n) is 17.3. The first-order valence-corrected chi connectivity index (χ1v) is 10.2. The number of methoxy groups -OCH3 is 1. The van der Waals surface area contributed by atoms with Crippen LogP contribution in [0.2, 0.25) is 0 Å². The first kappa shape index (κ1) is 19.2. The summed E-state index contributed by atoms with van der Waals surface area (Å²) in [4.78, 5) is 17.9. The Morgan fingerprint density at radius 3 is 2.68 bits per heavy atom. The third-order valence-corrected chi connectivity index (χ3v) is 5.53. The monoisotopic (exact) mass is 415 g/mol. The highest BCUT2D eigenvalue weighted by molar-refractivity contribution is 6.05. The number of hydrogen-bond acceptors (Lipinski definition) is 7. The Morgan fingerprint density at radius 1 is 1.06 bits per heavy atom. The second-order valence-corrected chi connectivity index (χ2v) is 7.50. The number of pyridine rings is 1. The van der Waals surface area contributed by atoms with Crippen LogP contribution in [0.3, 0.4) is 0 Å². The minimum Gasteiger partial charge on any atom is -0.497 e. The van der Waals surface area contributed by atoms with Gasteiger partial charge in [-0.05, 0) is 62.1 Å². The van der Waals surface area contributed by atoms with Gasteiger partial charge in [-0.25, -0.2) is 4.79 Å². The van der Waals surface area contributed by atoms with Crippen molar-refractivity contribution in [2.45, 2.75) is 32.3 Å². The van der Waals surface area contributed by atoms with E-state index in [4.69, 9.17) is 18.9 Å². The largest absolute Gasteiger partial charge is 0.497 e. The van der Waals surface area contributed by atoms with E-state index in [1.165, 1.54) is 0 Å². The van der Waals surface area contributed by atoms with Crippen molar-refractivity contribution >= 4 is 16.9 Å². The summed E-state index contributed by atoms with van der Waals surface area (Å²) in [5, 5.41) is 8.98. The van der Waals surface area contributed by atoms with E-state index < -0.39 is 12.1 Å². The molecule has 1 unspecified atom stereocenters. The molecule has 0 saturated heterocycles. The highest BCUT2D eigenvalue weighted by atomic mass is 16.6. The number of para-hydroxylation sites is 1. The lowest BCUT2D eigenvalue weighted by Gasteiger charge is -2.14. The smallest absolute Gasteiger partial charge is 0.339 e. The molecular formula is C24H21N3O4. The quantitative estimate of drug-likeness (QED) is 0.437. The Morgan fingerprint density at radius 2 is 1.87 bits per heavy atom. The number of aromatic nitrogens is 3. The number of esters is 1. The highest BCUT2D eigenvalue weighted by Crippen LogP contribution is 2.32. The molecule has 1 aliphatic carbocycles. The number of benzene rings is 2. The van der Waals surface area contributed by atoms with Gasteiger partial charge >= 0.3 is 5.97 Å². The lowest BCUT2D eigenvalue weighted by atomic mass is 10.0. The first-order chi connectivity index (χ1) is 15.1. The molecule has 5 rings (SSSR count). The predicted molar refractivity (Wildman–Crippen MR) is 114 cm³/mol. The standard InChI is InChI=1S/C24H21N3O4/c1-14(22-26-27-23(31-22)15-10-12-16(29-2)13-11-15)30-24(28)21-17-6-3-4-8-19(17)25-20-9-5-7-18(20)21/h3-4,6,8,10-14H,5,7,9H2,1-2H3. The summed E-state index contributed by atoms with van der Waals surface area (Å²) in [6, 6.07) is 15.0. The Labute approximate surface area is 179 Å². The number of aryl methyl sites for hydroxylation is 1. The number of hydrogen-bond donors (Lipinski definition) is 0. The maximum Gasteiger partial charge on any atom is 0.339 e. The third kappa shape index (κ3) is 3.52. The summed E-state index contributed by atoms with van der Waals surface area (Å²) in [5.41, 5.74) is 4.14. The number of rotatable bonds is 5. The van der Waals surface area contributed by atoms with Gasteiger partial charge in [0.1, 0.15) is 5.75 Å². The Balaban J connectivity index is 1.41. The molecule has 2 aromatic carbocycles. The molecule has 0 spiro atoms. The van der Waals surface area contributed by atoms with E-state index in [2.05, 4.69) is 10.2 Å². The molecule has 0 aliphatic heterocycles. The second kappa shape index (κ2) is 7.83. The lowest BCUT2D eigenvalue weighted by Crippen LogP contribution is -2.13. The van der Waals surface area contributed by atoms with Crippen molar-refractivity contribution in [3.8, 4) is 17.2 Å². The van der Waals surface area contributed by atoms with Crippen molar-refractivity contribution in [2.75, 3.05) is 7.11 Å². The van der Waals surface area contributed by atoms with E-state index in [-0.39, 0.29) is 5.89 Å². The van der Waals surface area contributed by atoms with Crippen molar-refractivity contribution in [3.05, 3.63) is 71.2 Å². The van der Waals surface area contributed by atoms with Gasteiger partial charge in [0, 0.05) is 16.6 Å². The summed E-state index contributed by atoms with van der Waals surface area (Å²) in [7, 11) is 1.61. The van der Waals surface area contributed by atoms with Gasteiger partial charge in [-0.3, -0.25) is 4.98 Å². The maximum absolute atomic E-state index is 13.2. The van der Waals surface area contributed by atoms with E-state index in [0.717, 1.165) is 52.7 Å². The minimum atomic E-state index is -0.684. The minimum absolute atomic E-state index is 0.245. The predicted octanol–water partition coefficient (Wildman–Crippen LogP) is 4.70. The topological polar surface area (TPSA) is 87.3 Å². The van der Waals surface area contributed by atoms with Crippen LogP contribution in [-0.4, -0.2) is 28.3 Å². The zero-order valence-corrected chi connectivity index (χ0v) is 17.3. The SMILES string of the molecule is COc1ccc(-c2nnc(C(C)OC(=O)c3c4c(nc5ccccc35)CCC4)o2)cc1. The number of fused-ring (bicyclic) bond motifs is 2. The van der Waals surface area contributed by atoms with Gasteiger partial charge in [-0.2, -0.15) is 0 Å². The van der Waals surface area contributed by atoms with Crippen LogP contribution >= 0.6 is 0 Å². The number of carbonyl (C=O) groups is 1. The number of nitrogens with zero attached hydrogens (tertiary/aromatic N) is 3. The van der Waals surface area contributed by atoms with Crippen LogP contribution < -0.4 is 4.74 Å². The van der Waals surface area contributed by atoms with Gasteiger partial charge in [0.25, 0.3) is 5.89 Å². The highest BCUT2D eigenvalue weighted by Gasteiger charge is 2.27. The molecule has 0 radical (unpaired) electrons. The normalized spacial score (nSPS) is 13.7. The maximum atomic E-state index is 13.2. The van der Waals surface area contributed by atoms with Crippen LogP contribution in [0, 0.1) is 0 Å². The van der Waals surface area contributed by atoms with Crippen LogP contribution in [-0.2, 0) is 17.6 Å². The van der Waals surface area contributed by atoms with Gasteiger partial charge in [0.2, 0.25) is 5.89 Å². The summed E-state index contributed by atoms with van der Waals surface area (Å²) >= 11 is 0. The molecule has 7 nitrogen and oxygen atoms in total. The van der Waals surface area contributed by atoms with E-state index in [1.807, 2.05) is 48.5 Å². The van der Waals surface area contributed by atoms with Crippen molar-refractivity contribution in [1.82, 2.24) is 15.2 Å². The molecule has 2 heterocycles. The number of ether oxygens (including phenoxy) is 2. The van der Waals surface area contributed by atoms with Gasteiger partial charge in [-0.15, -0.1) is 10.2 Å². The summed E-state index contributed by atoms with van der Waals surface area (Å²) < 4.78 is 16.7.